The summed E-state index contributed by atoms with van der Waals surface area (Å²) in [5.74, 6) is 0.857. The fourth-order valence-electron chi connectivity index (χ4n) is 0.752. The van der Waals surface area contributed by atoms with Crippen LogP contribution in [0.25, 0.3) is 0 Å². The van der Waals surface area contributed by atoms with Gasteiger partial charge < -0.3 is 5.73 Å². The van der Waals surface area contributed by atoms with Crippen LogP contribution in [0.5, 0.6) is 0 Å². The monoisotopic (exact) mass is 189 g/mol. The maximum Gasteiger partial charge on any atom is 0.00105 e. The molecule has 0 aromatic rings. The molecule has 0 aliphatic rings. The van der Waals surface area contributed by atoms with Gasteiger partial charge in [-0.3, -0.25) is 0 Å². The lowest BCUT2D eigenvalue weighted by molar-refractivity contribution is 0.469. The summed E-state index contributed by atoms with van der Waals surface area (Å²) in [5.41, 5.74) is 5.60. The smallest absolute Gasteiger partial charge is 0.00105 e. The average Bonchev–Trinajstić information content (AvgIpc) is 2.20. The van der Waals surface area contributed by atoms with Crippen LogP contribution in [-0.4, -0.2) is 6.04 Å². The first-order valence-electron chi connectivity index (χ1n) is 5.92. The van der Waals surface area contributed by atoms with Crippen LogP contribution in [-0.2, 0) is 0 Å². The van der Waals surface area contributed by atoms with Gasteiger partial charge in [0.05, 0.1) is 0 Å². The molecule has 0 spiro atoms. The van der Waals surface area contributed by atoms with E-state index in [9.17, 15) is 0 Å². The Balaban J connectivity index is -0.000000218. The minimum absolute atomic E-state index is 0.388. The van der Waals surface area contributed by atoms with E-state index in [0.29, 0.717) is 6.04 Å². The predicted octanol–water partition coefficient (Wildman–Crippen LogP) is 4.21. The molecular formula is C12H31N. The zero-order valence-electron chi connectivity index (χ0n) is 10.9. The van der Waals surface area contributed by atoms with Crippen molar-refractivity contribution in [1.82, 2.24) is 0 Å². The van der Waals surface area contributed by atoms with Crippen molar-refractivity contribution in [3.8, 4) is 0 Å². The van der Waals surface area contributed by atoms with Gasteiger partial charge in [0.1, 0.15) is 0 Å². The molecule has 1 heteroatoms. The Hall–Kier alpha value is -0.0400. The fraction of sp³-hybridized carbons (Fsp3) is 1.00. The quantitative estimate of drug-likeness (QED) is 0.704. The van der Waals surface area contributed by atoms with E-state index in [1.54, 1.807) is 0 Å². The number of rotatable bonds is 4. The summed E-state index contributed by atoms with van der Waals surface area (Å²) in [5, 5.41) is 0. The van der Waals surface area contributed by atoms with Crippen molar-refractivity contribution in [1.29, 1.82) is 0 Å². The maximum atomic E-state index is 5.60. The molecule has 0 radical (unpaired) electrons. The topological polar surface area (TPSA) is 26.0 Å². The third-order valence-corrected chi connectivity index (χ3v) is 1.81. The minimum atomic E-state index is 0.388. The summed E-state index contributed by atoms with van der Waals surface area (Å²) >= 11 is 0. The Kier molecular flexibility index (Phi) is 25.7. The molecule has 1 nitrogen and oxygen atoms in total. The molecule has 0 saturated heterocycles. The summed E-state index contributed by atoms with van der Waals surface area (Å²) < 4.78 is 0. The molecule has 0 rings (SSSR count). The molecule has 2 N–H and O–H groups in total. The highest BCUT2D eigenvalue weighted by Crippen LogP contribution is 2.09. The van der Waals surface area contributed by atoms with Crippen molar-refractivity contribution in [3.05, 3.63) is 0 Å². The Morgan fingerprint density at radius 1 is 0.923 bits per heavy atom. The van der Waals surface area contributed by atoms with E-state index in [-0.39, 0.29) is 0 Å². The van der Waals surface area contributed by atoms with Crippen molar-refractivity contribution < 1.29 is 0 Å². The summed E-state index contributed by atoms with van der Waals surface area (Å²) in [7, 11) is 0. The number of nitrogens with two attached hydrogens (primary N) is 1. The second-order valence-electron chi connectivity index (χ2n) is 3.07. The van der Waals surface area contributed by atoms with Crippen LogP contribution in [0.15, 0.2) is 0 Å². The van der Waals surface area contributed by atoms with Gasteiger partial charge in [-0.05, 0) is 25.7 Å². The molecule has 0 bridgehead atoms. The van der Waals surface area contributed by atoms with E-state index in [1.807, 2.05) is 27.7 Å². The SMILES string of the molecule is CC.CC.CCC(C)CCC(C)N. The van der Waals surface area contributed by atoms with Crippen molar-refractivity contribution in [2.45, 2.75) is 73.8 Å². The molecule has 0 aromatic heterocycles. The first kappa shape index (κ1) is 18.7. The van der Waals surface area contributed by atoms with Gasteiger partial charge in [0, 0.05) is 6.04 Å². The molecular weight excluding hydrogens is 158 g/mol. The molecule has 0 aromatic carbocycles. The minimum Gasteiger partial charge on any atom is -0.328 e. The Morgan fingerprint density at radius 2 is 1.31 bits per heavy atom. The van der Waals surface area contributed by atoms with Crippen LogP contribution >= 0.6 is 0 Å². The highest BCUT2D eigenvalue weighted by Gasteiger charge is 1.99. The van der Waals surface area contributed by atoms with Crippen LogP contribution in [0.4, 0.5) is 0 Å². The van der Waals surface area contributed by atoms with Crippen LogP contribution < -0.4 is 5.73 Å². The van der Waals surface area contributed by atoms with Gasteiger partial charge in [0.2, 0.25) is 0 Å². The standard InChI is InChI=1S/C8H19N.2C2H6/c1-4-7(2)5-6-8(3)9;2*1-2/h7-8H,4-6,9H2,1-3H3;2*1-2H3. The van der Waals surface area contributed by atoms with Gasteiger partial charge in [0.25, 0.3) is 0 Å². The molecule has 0 amide bonds. The van der Waals surface area contributed by atoms with Crippen molar-refractivity contribution in [2.24, 2.45) is 11.7 Å². The Labute approximate surface area is 86.1 Å². The summed E-state index contributed by atoms with van der Waals surface area (Å²) in [4.78, 5) is 0. The first-order valence-corrected chi connectivity index (χ1v) is 5.92. The third-order valence-electron chi connectivity index (χ3n) is 1.81. The second-order valence-corrected chi connectivity index (χ2v) is 3.07. The Morgan fingerprint density at radius 3 is 1.54 bits per heavy atom. The van der Waals surface area contributed by atoms with Crippen molar-refractivity contribution >= 4 is 0 Å². The molecule has 0 saturated carbocycles. The van der Waals surface area contributed by atoms with E-state index in [4.69, 9.17) is 5.73 Å². The van der Waals surface area contributed by atoms with E-state index < -0.39 is 0 Å². The average molecular weight is 189 g/mol. The molecule has 13 heavy (non-hydrogen) atoms. The highest BCUT2D eigenvalue weighted by molar-refractivity contribution is 4.56. The van der Waals surface area contributed by atoms with E-state index in [0.717, 1.165) is 5.92 Å². The van der Waals surface area contributed by atoms with Crippen LogP contribution in [0.1, 0.15) is 67.7 Å². The van der Waals surface area contributed by atoms with Gasteiger partial charge in [-0.2, -0.15) is 0 Å². The molecule has 0 aliphatic carbocycles. The first-order chi connectivity index (χ1) is 6.16. The molecule has 84 valence electrons. The lowest BCUT2D eigenvalue weighted by Gasteiger charge is -2.09. The molecule has 2 atom stereocenters. The zero-order chi connectivity index (χ0) is 11.3. The Bertz CT molecular complexity index is 60.1. The van der Waals surface area contributed by atoms with E-state index in [2.05, 4.69) is 20.8 Å². The van der Waals surface area contributed by atoms with Gasteiger partial charge in [-0.15, -0.1) is 0 Å². The highest BCUT2D eigenvalue weighted by atomic mass is 14.6. The zero-order valence-corrected chi connectivity index (χ0v) is 10.9. The normalized spacial score (nSPS) is 12.9. The summed E-state index contributed by atoms with van der Waals surface area (Å²) in [6.07, 6.45) is 3.75. The van der Waals surface area contributed by atoms with Crippen LogP contribution in [0.2, 0.25) is 0 Å². The van der Waals surface area contributed by atoms with Gasteiger partial charge in [-0.25, -0.2) is 0 Å². The van der Waals surface area contributed by atoms with Crippen molar-refractivity contribution in [3.63, 3.8) is 0 Å². The maximum absolute atomic E-state index is 5.60. The summed E-state index contributed by atoms with van der Waals surface area (Å²) in [6, 6.07) is 0.388. The fourth-order valence-corrected chi connectivity index (χ4v) is 0.752. The van der Waals surface area contributed by atoms with Gasteiger partial charge in [-0.1, -0.05) is 48.0 Å². The lowest BCUT2D eigenvalue weighted by Crippen LogP contribution is -2.15. The number of hydrogen-bond donors (Lipinski definition) is 1. The molecule has 2 unspecified atom stereocenters. The predicted molar refractivity (Wildman–Crippen MR) is 65.0 cm³/mol. The summed E-state index contributed by atoms with van der Waals surface area (Å²) in [6.45, 7) is 14.6. The molecule has 0 fully saturated rings. The van der Waals surface area contributed by atoms with Crippen molar-refractivity contribution in [2.75, 3.05) is 0 Å². The van der Waals surface area contributed by atoms with Crippen LogP contribution in [0, 0.1) is 5.92 Å². The van der Waals surface area contributed by atoms with Gasteiger partial charge in [0.15, 0.2) is 0 Å². The second kappa shape index (κ2) is 17.9. The molecule has 0 heterocycles. The molecule has 0 aliphatic heterocycles. The van der Waals surface area contributed by atoms with Crippen LogP contribution in [0.3, 0.4) is 0 Å². The van der Waals surface area contributed by atoms with E-state index in [1.165, 1.54) is 19.3 Å². The third kappa shape index (κ3) is 24.5. The lowest BCUT2D eigenvalue weighted by atomic mass is 10.0. The largest absolute Gasteiger partial charge is 0.328 e. The number of hydrogen-bond acceptors (Lipinski definition) is 1. The van der Waals surface area contributed by atoms with E-state index >= 15 is 0 Å². The van der Waals surface area contributed by atoms with Gasteiger partial charge >= 0.3 is 0 Å².